The van der Waals surface area contributed by atoms with Crippen molar-refractivity contribution >= 4 is 46.6 Å². The number of thioether (sulfide) groups is 1. The van der Waals surface area contributed by atoms with Crippen LogP contribution in [-0.2, 0) is 4.79 Å². The Kier molecular flexibility index (Phi) is 6.96. The van der Waals surface area contributed by atoms with Crippen LogP contribution in [0.2, 0.25) is 5.02 Å². The van der Waals surface area contributed by atoms with E-state index in [4.69, 9.17) is 11.6 Å². The van der Waals surface area contributed by atoms with Gasteiger partial charge < -0.3 is 10.6 Å². The molecule has 0 aliphatic carbocycles. The third-order valence-electron chi connectivity index (χ3n) is 4.15. The van der Waals surface area contributed by atoms with Crippen molar-refractivity contribution in [2.45, 2.75) is 24.0 Å². The molecule has 3 aromatic carbocycles. The molecule has 0 aromatic heterocycles. The lowest BCUT2D eigenvalue weighted by Gasteiger charge is -2.13. The number of hydrogen-bond acceptors (Lipinski definition) is 3. The second kappa shape index (κ2) is 9.63. The molecule has 2 amide bonds. The van der Waals surface area contributed by atoms with Crippen LogP contribution < -0.4 is 10.6 Å². The summed E-state index contributed by atoms with van der Waals surface area (Å²) in [6.07, 6.45) is 0. The fourth-order valence-corrected chi connectivity index (χ4v) is 3.82. The summed E-state index contributed by atoms with van der Waals surface area (Å²) < 4.78 is 0. The average Bonchev–Trinajstić information content (AvgIpc) is 2.68. The summed E-state index contributed by atoms with van der Waals surface area (Å²) in [5.41, 5.74) is 2.98. The fraction of sp³-hybridized carbons (Fsp3) is 0.130. The summed E-state index contributed by atoms with van der Waals surface area (Å²) in [7, 11) is 0. The molecule has 1 unspecified atom stereocenters. The lowest BCUT2D eigenvalue weighted by atomic mass is 10.1. The first-order valence-electron chi connectivity index (χ1n) is 9.12. The van der Waals surface area contributed by atoms with Crippen molar-refractivity contribution in [3.05, 3.63) is 88.9 Å². The molecule has 2 N–H and O–H groups in total. The van der Waals surface area contributed by atoms with E-state index in [-0.39, 0.29) is 17.1 Å². The van der Waals surface area contributed by atoms with Crippen LogP contribution in [0.4, 0.5) is 11.4 Å². The Labute approximate surface area is 179 Å². The number of anilines is 2. The van der Waals surface area contributed by atoms with Gasteiger partial charge in [-0.1, -0.05) is 41.4 Å². The Morgan fingerprint density at radius 1 is 0.897 bits per heavy atom. The van der Waals surface area contributed by atoms with E-state index in [2.05, 4.69) is 10.6 Å². The minimum Gasteiger partial charge on any atom is -0.325 e. The molecule has 3 aromatic rings. The van der Waals surface area contributed by atoms with E-state index in [1.54, 1.807) is 30.3 Å². The van der Waals surface area contributed by atoms with E-state index in [1.165, 1.54) is 11.8 Å². The van der Waals surface area contributed by atoms with Crippen LogP contribution >= 0.6 is 23.4 Å². The second-order valence-corrected chi connectivity index (χ2v) is 8.46. The fourth-order valence-electron chi connectivity index (χ4n) is 2.70. The zero-order valence-electron chi connectivity index (χ0n) is 16.1. The molecule has 0 saturated carbocycles. The molecule has 148 valence electrons. The molecule has 4 nitrogen and oxygen atoms in total. The van der Waals surface area contributed by atoms with E-state index in [9.17, 15) is 9.59 Å². The largest absolute Gasteiger partial charge is 0.325 e. The Bertz CT molecular complexity index is 1040. The van der Waals surface area contributed by atoms with Gasteiger partial charge in [0.25, 0.3) is 5.91 Å². The summed E-state index contributed by atoms with van der Waals surface area (Å²) in [6.45, 7) is 3.78. The van der Waals surface area contributed by atoms with Gasteiger partial charge in [-0.25, -0.2) is 0 Å². The first-order chi connectivity index (χ1) is 13.9. The zero-order chi connectivity index (χ0) is 20.8. The van der Waals surface area contributed by atoms with Crippen LogP contribution in [0.5, 0.6) is 0 Å². The van der Waals surface area contributed by atoms with Crippen molar-refractivity contribution in [3.8, 4) is 0 Å². The summed E-state index contributed by atoms with van der Waals surface area (Å²) in [5, 5.41) is 6.02. The van der Waals surface area contributed by atoms with Crippen LogP contribution in [0.1, 0.15) is 22.8 Å². The van der Waals surface area contributed by atoms with Gasteiger partial charge in [0, 0.05) is 26.9 Å². The Morgan fingerprint density at radius 2 is 1.59 bits per heavy atom. The van der Waals surface area contributed by atoms with Crippen molar-refractivity contribution in [1.82, 2.24) is 0 Å². The highest BCUT2D eigenvalue weighted by Gasteiger charge is 2.15. The first kappa shape index (κ1) is 21.0. The van der Waals surface area contributed by atoms with E-state index in [1.807, 2.05) is 56.3 Å². The molecule has 1 atom stereocenters. The quantitative estimate of drug-likeness (QED) is 0.475. The lowest BCUT2D eigenvalue weighted by molar-refractivity contribution is -0.115. The number of amides is 2. The smallest absolute Gasteiger partial charge is 0.255 e. The molecule has 3 rings (SSSR count). The molecule has 0 spiro atoms. The van der Waals surface area contributed by atoms with Crippen molar-refractivity contribution in [2.75, 3.05) is 10.6 Å². The number of benzene rings is 3. The number of carbonyl (C=O) groups excluding carboxylic acids is 2. The van der Waals surface area contributed by atoms with Gasteiger partial charge in [0.1, 0.15) is 0 Å². The third-order valence-corrected chi connectivity index (χ3v) is 5.48. The molecule has 0 heterocycles. The highest BCUT2D eigenvalue weighted by molar-refractivity contribution is 8.00. The van der Waals surface area contributed by atoms with E-state index >= 15 is 0 Å². The van der Waals surface area contributed by atoms with Crippen molar-refractivity contribution < 1.29 is 9.59 Å². The van der Waals surface area contributed by atoms with Crippen molar-refractivity contribution in [1.29, 1.82) is 0 Å². The Hall–Kier alpha value is -2.76. The maximum atomic E-state index is 12.5. The summed E-state index contributed by atoms with van der Waals surface area (Å²) in [6, 6.07) is 21.9. The van der Waals surface area contributed by atoms with E-state index in [0.29, 0.717) is 22.0 Å². The molecule has 0 aliphatic rings. The maximum absolute atomic E-state index is 12.5. The number of halogens is 1. The second-order valence-electron chi connectivity index (χ2n) is 6.61. The number of rotatable bonds is 6. The Balaban J connectivity index is 1.63. The summed E-state index contributed by atoms with van der Waals surface area (Å²) in [4.78, 5) is 25.8. The maximum Gasteiger partial charge on any atom is 0.255 e. The molecular formula is C23H21ClN2O2S. The number of hydrogen-bond donors (Lipinski definition) is 2. The van der Waals surface area contributed by atoms with Gasteiger partial charge in [0.05, 0.1) is 5.25 Å². The number of aryl methyl sites for hydroxylation is 1. The number of nitrogens with one attached hydrogen (secondary N) is 2. The van der Waals surface area contributed by atoms with E-state index < -0.39 is 0 Å². The molecule has 0 saturated heterocycles. The zero-order valence-corrected chi connectivity index (χ0v) is 17.7. The molecule has 0 bridgehead atoms. The van der Waals surface area contributed by atoms with Crippen LogP contribution in [0.25, 0.3) is 0 Å². The lowest BCUT2D eigenvalue weighted by Crippen LogP contribution is -2.22. The van der Waals surface area contributed by atoms with Crippen LogP contribution in [0, 0.1) is 6.92 Å². The SMILES string of the molecule is Cc1cccc(C(=O)Nc2cccc(SC(C)C(=O)Nc3cccc(Cl)c3)c2)c1. The minimum atomic E-state index is -0.322. The summed E-state index contributed by atoms with van der Waals surface area (Å²) >= 11 is 7.38. The molecular weight excluding hydrogens is 404 g/mol. The van der Waals surface area contributed by atoms with Crippen molar-refractivity contribution in [2.24, 2.45) is 0 Å². The minimum absolute atomic E-state index is 0.119. The predicted molar refractivity (Wildman–Crippen MR) is 121 cm³/mol. The van der Waals surface area contributed by atoms with Gasteiger partial charge >= 0.3 is 0 Å². The van der Waals surface area contributed by atoms with Crippen LogP contribution in [0.3, 0.4) is 0 Å². The molecule has 0 radical (unpaired) electrons. The predicted octanol–water partition coefficient (Wildman–Crippen LogP) is 6.02. The van der Waals surface area contributed by atoms with Gasteiger partial charge in [-0.3, -0.25) is 9.59 Å². The highest BCUT2D eigenvalue weighted by Crippen LogP contribution is 2.27. The van der Waals surface area contributed by atoms with E-state index in [0.717, 1.165) is 10.5 Å². The highest BCUT2D eigenvalue weighted by atomic mass is 35.5. The normalized spacial score (nSPS) is 11.6. The first-order valence-corrected chi connectivity index (χ1v) is 10.4. The molecule has 0 fully saturated rings. The van der Waals surface area contributed by atoms with Crippen molar-refractivity contribution in [3.63, 3.8) is 0 Å². The van der Waals surface area contributed by atoms with Gasteiger partial charge in [0.15, 0.2) is 0 Å². The molecule has 0 aliphatic heterocycles. The van der Waals surface area contributed by atoms with Crippen LogP contribution in [0.15, 0.2) is 77.7 Å². The standard InChI is InChI=1S/C23H21ClN2O2S/c1-15-6-3-7-17(12-15)23(28)26-20-10-5-11-21(14-20)29-16(2)22(27)25-19-9-4-8-18(24)13-19/h3-14,16H,1-2H3,(H,25,27)(H,26,28). The van der Waals surface area contributed by atoms with Gasteiger partial charge in [-0.15, -0.1) is 11.8 Å². The average molecular weight is 425 g/mol. The van der Waals surface area contributed by atoms with Gasteiger partial charge in [-0.05, 0) is 62.4 Å². The van der Waals surface area contributed by atoms with Gasteiger partial charge in [0.2, 0.25) is 5.91 Å². The van der Waals surface area contributed by atoms with Crippen LogP contribution in [-0.4, -0.2) is 17.1 Å². The van der Waals surface area contributed by atoms with Gasteiger partial charge in [-0.2, -0.15) is 0 Å². The summed E-state index contributed by atoms with van der Waals surface area (Å²) in [5.74, 6) is -0.283. The number of carbonyl (C=O) groups is 2. The third kappa shape index (κ3) is 6.11. The molecule has 29 heavy (non-hydrogen) atoms. The molecule has 6 heteroatoms. The Morgan fingerprint density at radius 3 is 2.31 bits per heavy atom. The topological polar surface area (TPSA) is 58.2 Å². The monoisotopic (exact) mass is 424 g/mol.